The van der Waals surface area contributed by atoms with E-state index < -0.39 is 0 Å². The SMILES string of the molecule is CCCOc1ccc(-c2n[nH]c3c2N2CCC3CC2)cc1OCC. The molecule has 0 atom stereocenters. The summed E-state index contributed by atoms with van der Waals surface area (Å²) in [5.41, 5.74) is 4.73. The number of ether oxygens (including phenoxy) is 2. The monoisotopic (exact) mass is 327 g/mol. The van der Waals surface area contributed by atoms with Crippen LogP contribution < -0.4 is 14.4 Å². The fourth-order valence-corrected chi connectivity index (χ4v) is 3.80. The fourth-order valence-electron chi connectivity index (χ4n) is 3.80. The summed E-state index contributed by atoms with van der Waals surface area (Å²) in [4.78, 5) is 2.47. The molecule has 0 spiro atoms. The molecule has 5 nitrogen and oxygen atoms in total. The first-order chi connectivity index (χ1) is 11.8. The Morgan fingerprint density at radius 3 is 2.75 bits per heavy atom. The van der Waals surface area contributed by atoms with Crippen molar-refractivity contribution in [1.29, 1.82) is 0 Å². The zero-order valence-corrected chi connectivity index (χ0v) is 14.5. The van der Waals surface area contributed by atoms with Crippen molar-refractivity contribution in [2.75, 3.05) is 31.2 Å². The van der Waals surface area contributed by atoms with Crippen LogP contribution >= 0.6 is 0 Å². The van der Waals surface area contributed by atoms with Gasteiger partial charge in [-0.1, -0.05) is 6.92 Å². The maximum absolute atomic E-state index is 5.81. The minimum absolute atomic E-state index is 0.624. The van der Waals surface area contributed by atoms with Gasteiger partial charge in [0, 0.05) is 24.6 Å². The third kappa shape index (κ3) is 2.52. The summed E-state index contributed by atoms with van der Waals surface area (Å²) < 4.78 is 11.6. The average Bonchev–Trinajstić information content (AvgIpc) is 3.09. The van der Waals surface area contributed by atoms with Crippen LogP contribution in [-0.4, -0.2) is 36.5 Å². The number of H-pyrrole nitrogens is 1. The van der Waals surface area contributed by atoms with E-state index in [1.54, 1.807) is 0 Å². The Labute approximate surface area is 143 Å². The molecule has 0 unspecified atom stereocenters. The molecule has 0 amide bonds. The molecule has 0 aliphatic carbocycles. The van der Waals surface area contributed by atoms with Gasteiger partial charge < -0.3 is 14.4 Å². The molecule has 128 valence electrons. The number of hydrogen-bond acceptors (Lipinski definition) is 4. The lowest BCUT2D eigenvalue weighted by Gasteiger charge is -2.40. The third-order valence-corrected chi connectivity index (χ3v) is 4.97. The Balaban J connectivity index is 1.71. The molecule has 0 saturated carbocycles. The summed E-state index contributed by atoms with van der Waals surface area (Å²) in [6.07, 6.45) is 3.46. The lowest BCUT2D eigenvalue weighted by Crippen LogP contribution is -2.38. The molecule has 1 N–H and O–H groups in total. The van der Waals surface area contributed by atoms with E-state index in [1.165, 1.54) is 24.2 Å². The Morgan fingerprint density at radius 2 is 2.00 bits per heavy atom. The first-order valence-electron chi connectivity index (χ1n) is 9.05. The van der Waals surface area contributed by atoms with E-state index in [9.17, 15) is 0 Å². The van der Waals surface area contributed by atoms with Gasteiger partial charge in [-0.05, 0) is 44.4 Å². The van der Waals surface area contributed by atoms with Gasteiger partial charge in [-0.3, -0.25) is 5.10 Å². The van der Waals surface area contributed by atoms with Crippen molar-refractivity contribution < 1.29 is 9.47 Å². The maximum Gasteiger partial charge on any atom is 0.161 e. The van der Waals surface area contributed by atoms with Gasteiger partial charge >= 0.3 is 0 Å². The van der Waals surface area contributed by atoms with Gasteiger partial charge in [0.25, 0.3) is 0 Å². The second-order valence-electron chi connectivity index (χ2n) is 6.54. The number of benzene rings is 1. The topological polar surface area (TPSA) is 50.4 Å². The summed E-state index contributed by atoms with van der Waals surface area (Å²) in [5, 5.41) is 7.93. The van der Waals surface area contributed by atoms with Crippen molar-refractivity contribution in [2.24, 2.45) is 0 Å². The number of anilines is 1. The molecular formula is C19H25N3O2. The second-order valence-corrected chi connectivity index (χ2v) is 6.54. The van der Waals surface area contributed by atoms with Crippen molar-refractivity contribution in [3.05, 3.63) is 23.9 Å². The van der Waals surface area contributed by atoms with Gasteiger partial charge in [-0.25, -0.2) is 0 Å². The summed E-state index contributed by atoms with van der Waals surface area (Å²) in [6, 6.07) is 6.16. The highest BCUT2D eigenvalue weighted by atomic mass is 16.5. The van der Waals surface area contributed by atoms with E-state index in [-0.39, 0.29) is 0 Å². The van der Waals surface area contributed by atoms with Crippen LogP contribution in [0, 0.1) is 0 Å². The molecule has 5 rings (SSSR count). The zero-order chi connectivity index (χ0) is 16.5. The van der Waals surface area contributed by atoms with Crippen molar-refractivity contribution in [3.8, 4) is 22.8 Å². The summed E-state index contributed by atoms with van der Waals surface area (Å²) >= 11 is 0. The zero-order valence-electron chi connectivity index (χ0n) is 14.5. The smallest absolute Gasteiger partial charge is 0.161 e. The van der Waals surface area contributed by atoms with Crippen LogP contribution in [0.2, 0.25) is 0 Å². The van der Waals surface area contributed by atoms with Crippen LogP contribution in [0.4, 0.5) is 5.69 Å². The Kier molecular flexibility index (Phi) is 4.08. The fraction of sp³-hybridized carbons (Fsp3) is 0.526. The Morgan fingerprint density at radius 1 is 1.17 bits per heavy atom. The van der Waals surface area contributed by atoms with Crippen LogP contribution in [0.25, 0.3) is 11.3 Å². The number of nitrogens with zero attached hydrogens (tertiary/aromatic N) is 2. The van der Waals surface area contributed by atoms with Crippen LogP contribution in [0.5, 0.6) is 11.5 Å². The van der Waals surface area contributed by atoms with Crippen molar-refractivity contribution in [3.63, 3.8) is 0 Å². The van der Waals surface area contributed by atoms with Gasteiger partial charge in [0.2, 0.25) is 0 Å². The number of rotatable bonds is 6. The summed E-state index contributed by atoms with van der Waals surface area (Å²) in [5.74, 6) is 2.26. The lowest BCUT2D eigenvalue weighted by molar-refractivity contribution is 0.277. The number of aromatic amines is 1. The molecular weight excluding hydrogens is 302 g/mol. The van der Waals surface area contributed by atoms with Crippen molar-refractivity contribution in [1.82, 2.24) is 10.2 Å². The van der Waals surface area contributed by atoms with Crippen LogP contribution in [0.3, 0.4) is 0 Å². The van der Waals surface area contributed by atoms with Crippen LogP contribution in [0.15, 0.2) is 18.2 Å². The molecule has 1 fully saturated rings. The Bertz CT molecular complexity index is 717. The highest BCUT2D eigenvalue weighted by Crippen LogP contribution is 2.46. The number of piperidine rings is 1. The molecule has 3 aliphatic heterocycles. The number of aromatic nitrogens is 2. The van der Waals surface area contributed by atoms with Gasteiger partial charge in [-0.2, -0.15) is 5.10 Å². The molecule has 24 heavy (non-hydrogen) atoms. The number of hydrogen-bond donors (Lipinski definition) is 1. The minimum Gasteiger partial charge on any atom is -0.490 e. The van der Waals surface area contributed by atoms with Crippen LogP contribution in [0.1, 0.15) is 44.7 Å². The predicted octanol–water partition coefficient (Wildman–Crippen LogP) is 3.96. The van der Waals surface area contributed by atoms with Gasteiger partial charge in [0.05, 0.1) is 24.6 Å². The molecule has 1 aromatic carbocycles. The molecule has 2 bridgehead atoms. The van der Waals surface area contributed by atoms with Gasteiger partial charge in [-0.15, -0.1) is 0 Å². The number of nitrogens with one attached hydrogen (secondary N) is 1. The molecule has 5 heteroatoms. The second kappa shape index (κ2) is 6.38. The van der Waals surface area contributed by atoms with E-state index in [2.05, 4.69) is 34.2 Å². The van der Waals surface area contributed by atoms with Gasteiger partial charge in [0.1, 0.15) is 5.69 Å². The Hall–Kier alpha value is -2.17. The quantitative estimate of drug-likeness (QED) is 0.872. The normalized spacial score (nSPS) is 16.3. The molecule has 1 saturated heterocycles. The van der Waals surface area contributed by atoms with E-state index >= 15 is 0 Å². The standard InChI is InChI=1S/C19H25N3O2/c1-3-11-24-15-6-5-14(12-16(15)23-4-2)18-19-17(20-21-18)13-7-9-22(19)10-8-13/h5-6,12-13H,3-4,7-11H2,1-2H3,(H,20,21). The van der Waals surface area contributed by atoms with E-state index in [1.807, 2.05) is 13.0 Å². The summed E-state index contributed by atoms with van der Waals surface area (Å²) in [6.45, 7) is 7.71. The first-order valence-corrected chi connectivity index (χ1v) is 9.05. The molecule has 0 radical (unpaired) electrons. The van der Waals surface area contributed by atoms with Crippen molar-refractivity contribution in [2.45, 2.75) is 39.0 Å². The van der Waals surface area contributed by atoms with E-state index in [0.29, 0.717) is 19.1 Å². The highest BCUT2D eigenvalue weighted by molar-refractivity contribution is 5.80. The molecule has 1 aromatic heterocycles. The molecule has 2 aromatic rings. The van der Waals surface area contributed by atoms with Gasteiger partial charge in [0.15, 0.2) is 11.5 Å². The lowest BCUT2D eigenvalue weighted by atomic mass is 9.86. The average molecular weight is 327 g/mol. The first kappa shape index (κ1) is 15.4. The predicted molar refractivity (Wildman–Crippen MR) is 95.2 cm³/mol. The van der Waals surface area contributed by atoms with Crippen molar-refractivity contribution >= 4 is 5.69 Å². The molecule has 3 aliphatic rings. The number of fused-ring (bicyclic) bond motifs is 2. The van der Waals surface area contributed by atoms with E-state index in [0.717, 1.165) is 42.3 Å². The summed E-state index contributed by atoms with van der Waals surface area (Å²) in [7, 11) is 0. The van der Waals surface area contributed by atoms with Crippen LogP contribution in [-0.2, 0) is 0 Å². The van der Waals surface area contributed by atoms with E-state index in [4.69, 9.17) is 9.47 Å². The largest absolute Gasteiger partial charge is 0.490 e. The molecule has 4 heterocycles. The minimum atomic E-state index is 0.624. The maximum atomic E-state index is 5.81. The highest BCUT2D eigenvalue weighted by Gasteiger charge is 2.35. The third-order valence-electron chi connectivity index (χ3n) is 4.97.